The molecule has 1 atom stereocenters. The smallest absolute Gasteiger partial charge is 0.254 e. The van der Waals surface area contributed by atoms with Gasteiger partial charge in [0.25, 0.3) is 5.91 Å². The Morgan fingerprint density at radius 3 is 3.13 bits per heavy atom. The van der Waals surface area contributed by atoms with Gasteiger partial charge in [0.15, 0.2) is 6.04 Å². The van der Waals surface area contributed by atoms with E-state index in [9.17, 15) is 4.79 Å². The molecule has 0 spiro atoms. The van der Waals surface area contributed by atoms with E-state index in [1.54, 1.807) is 23.5 Å². The molecule has 0 radical (unpaired) electrons. The summed E-state index contributed by atoms with van der Waals surface area (Å²) in [6.45, 7) is 0. The molecule has 4 nitrogen and oxygen atoms in total. The van der Waals surface area contributed by atoms with Crippen LogP contribution in [0.2, 0.25) is 0 Å². The van der Waals surface area contributed by atoms with Gasteiger partial charge in [-0.05, 0) is 23.3 Å². The topological polar surface area (TPSA) is 78.9 Å². The number of carbonyl (C=O) groups excluding carboxylic acids is 1. The fraction of sp³-hybridized carbons (Fsp3) is 0.556. The molecular weight excluding hydrogens is 230 g/mol. The largest absolute Gasteiger partial charge is 0.367 e. The van der Waals surface area contributed by atoms with Crippen molar-refractivity contribution < 1.29 is 4.79 Å². The van der Waals surface area contributed by atoms with Crippen LogP contribution in [0, 0.1) is 11.3 Å². The summed E-state index contributed by atoms with van der Waals surface area (Å²) < 4.78 is 0. The van der Waals surface area contributed by atoms with Crippen molar-refractivity contribution >= 4 is 29.4 Å². The lowest BCUT2D eigenvalue weighted by atomic mass is 10.3. The van der Waals surface area contributed by atoms with E-state index >= 15 is 0 Å². The Balaban J connectivity index is 2.54. The highest BCUT2D eigenvalue weighted by Gasteiger charge is 2.15. The molecule has 0 saturated carbocycles. The van der Waals surface area contributed by atoms with Gasteiger partial charge in [0.05, 0.1) is 6.07 Å². The first-order valence-corrected chi connectivity index (χ1v) is 6.78. The molecule has 15 heavy (non-hydrogen) atoms. The molecule has 6 heteroatoms. The first kappa shape index (κ1) is 12.3. The van der Waals surface area contributed by atoms with Gasteiger partial charge in [0.1, 0.15) is 0 Å². The number of nitrogens with two attached hydrogens (primary N) is 1. The van der Waals surface area contributed by atoms with Gasteiger partial charge in [-0.3, -0.25) is 4.79 Å². The maximum atomic E-state index is 10.9. The van der Waals surface area contributed by atoms with Crippen molar-refractivity contribution in [2.24, 2.45) is 5.73 Å². The minimum Gasteiger partial charge on any atom is -0.367 e. The van der Waals surface area contributed by atoms with Gasteiger partial charge in [0.2, 0.25) is 0 Å². The van der Waals surface area contributed by atoms with Crippen molar-refractivity contribution in [2.45, 2.75) is 12.5 Å². The zero-order valence-electron chi connectivity index (χ0n) is 8.23. The SMILES string of the molecule is N#CC(NC1=CSCCCSC1)C(N)=O. The van der Waals surface area contributed by atoms with Gasteiger partial charge in [0, 0.05) is 11.4 Å². The normalized spacial score (nSPS) is 19.0. The zero-order valence-corrected chi connectivity index (χ0v) is 9.87. The van der Waals surface area contributed by atoms with Crippen LogP contribution >= 0.6 is 23.5 Å². The lowest BCUT2D eigenvalue weighted by molar-refractivity contribution is -0.118. The summed E-state index contributed by atoms with van der Waals surface area (Å²) in [5, 5.41) is 13.5. The second-order valence-electron chi connectivity index (χ2n) is 3.03. The highest BCUT2D eigenvalue weighted by atomic mass is 32.2. The second kappa shape index (κ2) is 6.64. The molecule has 1 aliphatic heterocycles. The van der Waals surface area contributed by atoms with Gasteiger partial charge in [-0.25, -0.2) is 0 Å². The number of nitrogens with zero attached hydrogens (tertiary/aromatic N) is 1. The molecule has 82 valence electrons. The number of hydrogen-bond acceptors (Lipinski definition) is 5. The summed E-state index contributed by atoms with van der Waals surface area (Å²) in [6, 6.07) is 0.920. The van der Waals surface area contributed by atoms with E-state index in [1.807, 2.05) is 11.5 Å². The van der Waals surface area contributed by atoms with Crippen molar-refractivity contribution in [3.63, 3.8) is 0 Å². The van der Waals surface area contributed by atoms with E-state index in [0.29, 0.717) is 0 Å². The van der Waals surface area contributed by atoms with Crippen LogP contribution in [0.25, 0.3) is 0 Å². The number of thioether (sulfide) groups is 2. The van der Waals surface area contributed by atoms with Crippen molar-refractivity contribution in [3.8, 4) is 6.07 Å². The van der Waals surface area contributed by atoms with E-state index < -0.39 is 11.9 Å². The minimum atomic E-state index is -0.920. The molecule has 0 saturated heterocycles. The van der Waals surface area contributed by atoms with E-state index in [2.05, 4.69) is 5.32 Å². The van der Waals surface area contributed by atoms with Gasteiger partial charge in [-0.15, -0.1) is 11.8 Å². The number of nitrogens with one attached hydrogen (secondary N) is 1. The Hall–Kier alpha value is -0.800. The fourth-order valence-corrected chi connectivity index (χ4v) is 3.00. The first-order valence-electron chi connectivity index (χ1n) is 4.58. The monoisotopic (exact) mass is 243 g/mol. The van der Waals surface area contributed by atoms with Crippen LogP contribution in [-0.2, 0) is 4.79 Å². The standard InChI is InChI=1S/C9H13N3OS2/c10-4-8(9(11)13)12-7-5-14-2-1-3-15-6-7/h5,8,12H,1-3,6H2,(H2,11,13). The summed E-state index contributed by atoms with van der Waals surface area (Å²) in [4.78, 5) is 10.9. The third kappa shape index (κ3) is 4.49. The molecule has 1 unspecified atom stereocenters. The summed E-state index contributed by atoms with van der Waals surface area (Å²) in [5.74, 6) is 2.36. The number of rotatable bonds is 3. The van der Waals surface area contributed by atoms with Crippen LogP contribution in [0.1, 0.15) is 6.42 Å². The number of hydrogen-bond donors (Lipinski definition) is 2. The first-order chi connectivity index (χ1) is 7.24. The molecule has 3 N–H and O–H groups in total. The van der Waals surface area contributed by atoms with Gasteiger partial charge in [-0.2, -0.15) is 17.0 Å². The fourth-order valence-electron chi connectivity index (χ4n) is 1.05. The molecule has 1 rings (SSSR count). The number of carbonyl (C=O) groups is 1. The van der Waals surface area contributed by atoms with Gasteiger partial charge >= 0.3 is 0 Å². The third-order valence-corrected chi connectivity index (χ3v) is 3.85. The van der Waals surface area contributed by atoms with E-state index in [1.165, 1.54) is 6.42 Å². The summed E-state index contributed by atoms with van der Waals surface area (Å²) in [5.41, 5.74) is 5.98. The third-order valence-electron chi connectivity index (χ3n) is 1.78. The van der Waals surface area contributed by atoms with Crippen LogP contribution < -0.4 is 11.1 Å². The maximum absolute atomic E-state index is 10.9. The average molecular weight is 243 g/mol. The number of primary amides is 1. The molecule has 0 aliphatic carbocycles. The maximum Gasteiger partial charge on any atom is 0.254 e. The zero-order chi connectivity index (χ0) is 11.1. The van der Waals surface area contributed by atoms with Crippen LogP contribution in [-0.4, -0.2) is 29.2 Å². The van der Waals surface area contributed by atoms with Gasteiger partial charge < -0.3 is 11.1 Å². The Morgan fingerprint density at radius 1 is 1.67 bits per heavy atom. The summed E-state index contributed by atoms with van der Waals surface area (Å²) in [6.07, 6.45) is 1.19. The Morgan fingerprint density at radius 2 is 2.47 bits per heavy atom. The lowest BCUT2D eigenvalue weighted by Gasteiger charge is -2.15. The van der Waals surface area contributed by atoms with Crippen LogP contribution in [0.15, 0.2) is 11.1 Å². The Kier molecular flexibility index (Phi) is 5.43. The summed E-state index contributed by atoms with van der Waals surface area (Å²) >= 11 is 3.50. The van der Waals surface area contributed by atoms with E-state index in [4.69, 9.17) is 11.0 Å². The van der Waals surface area contributed by atoms with Crippen LogP contribution in [0.3, 0.4) is 0 Å². The Bertz CT molecular complexity index is 298. The molecule has 0 aromatic heterocycles. The molecule has 0 aromatic rings. The van der Waals surface area contributed by atoms with Gasteiger partial charge in [-0.1, -0.05) is 0 Å². The minimum absolute atomic E-state index is 0.629. The van der Waals surface area contributed by atoms with Crippen LogP contribution in [0.5, 0.6) is 0 Å². The van der Waals surface area contributed by atoms with E-state index in [0.717, 1.165) is 23.0 Å². The molecule has 0 fully saturated rings. The quantitative estimate of drug-likeness (QED) is 0.761. The predicted molar refractivity (Wildman–Crippen MR) is 64.2 cm³/mol. The molecule has 1 aliphatic rings. The molecular formula is C9H13N3OS2. The lowest BCUT2D eigenvalue weighted by Crippen LogP contribution is -2.40. The second-order valence-corrected chi connectivity index (χ2v) is 5.11. The molecule has 0 bridgehead atoms. The molecule has 0 aromatic carbocycles. The number of amides is 1. The van der Waals surface area contributed by atoms with Crippen LogP contribution in [0.4, 0.5) is 0 Å². The summed E-state index contributed by atoms with van der Waals surface area (Å²) in [7, 11) is 0. The molecule has 1 heterocycles. The van der Waals surface area contributed by atoms with Crippen molar-refractivity contribution in [3.05, 3.63) is 11.1 Å². The van der Waals surface area contributed by atoms with Crippen molar-refractivity contribution in [1.82, 2.24) is 5.32 Å². The Labute approximate surface area is 97.7 Å². The highest BCUT2D eigenvalue weighted by molar-refractivity contribution is 8.02. The predicted octanol–water partition coefficient (Wildman–Crippen LogP) is 0.665. The average Bonchev–Trinajstić information content (AvgIpc) is 2.15. The highest BCUT2D eigenvalue weighted by Crippen LogP contribution is 2.18. The van der Waals surface area contributed by atoms with E-state index in [-0.39, 0.29) is 0 Å². The number of nitriles is 1. The molecule has 1 amide bonds. The van der Waals surface area contributed by atoms with Crippen molar-refractivity contribution in [1.29, 1.82) is 5.26 Å². The van der Waals surface area contributed by atoms with Crippen molar-refractivity contribution in [2.75, 3.05) is 17.3 Å².